The quantitative estimate of drug-likeness (QED) is 0.721. The molecule has 3 rings (SSSR count). The van der Waals surface area contributed by atoms with Crippen LogP contribution in [0.3, 0.4) is 0 Å². The summed E-state index contributed by atoms with van der Waals surface area (Å²) >= 11 is 0. The van der Waals surface area contributed by atoms with Crippen LogP contribution in [0.4, 0.5) is 4.39 Å². The number of aromatic carboxylic acids is 1. The van der Waals surface area contributed by atoms with Crippen LogP contribution in [-0.4, -0.2) is 21.3 Å². The van der Waals surface area contributed by atoms with E-state index in [0.717, 1.165) is 11.6 Å². The van der Waals surface area contributed by atoms with Gasteiger partial charge in [0.15, 0.2) is 0 Å². The van der Waals surface area contributed by atoms with Gasteiger partial charge in [-0.3, -0.25) is 4.79 Å². The molecular formula is C19H13FN2O3. The lowest BCUT2D eigenvalue weighted by Gasteiger charge is -2.07. The number of carboxylic acid groups (broad SMARTS) is 1. The minimum Gasteiger partial charge on any atom is -0.478 e. The summed E-state index contributed by atoms with van der Waals surface area (Å²) in [5.41, 5.74) is 1.15. The van der Waals surface area contributed by atoms with Crippen molar-refractivity contribution < 1.29 is 14.3 Å². The van der Waals surface area contributed by atoms with Gasteiger partial charge < -0.3 is 5.11 Å². The summed E-state index contributed by atoms with van der Waals surface area (Å²) in [4.78, 5) is 23.0. The van der Waals surface area contributed by atoms with E-state index in [1.807, 2.05) is 0 Å². The van der Waals surface area contributed by atoms with Crippen LogP contribution in [0.15, 0.2) is 41.2 Å². The average molecular weight is 336 g/mol. The zero-order chi connectivity index (χ0) is 18.0. The first-order valence-electron chi connectivity index (χ1n) is 7.45. The number of fused-ring (bicyclic) bond motifs is 1. The van der Waals surface area contributed by atoms with Crippen molar-refractivity contribution in [3.05, 3.63) is 75.0 Å². The van der Waals surface area contributed by atoms with Crippen molar-refractivity contribution in [2.45, 2.75) is 13.3 Å². The number of nitrogens with zero attached hydrogens (tertiary/aromatic N) is 1. The van der Waals surface area contributed by atoms with Crippen LogP contribution in [0.25, 0.3) is 10.8 Å². The van der Waals surface area contributed by atoms with E-state index in [9.17, 15) is 14.0 Å². The van der Waals surface area contributed by atoms with Gasteiger partial charge in [-0.1, -0.05) is 12.0 Å². The average Bonchev–Trinajstić information content (AvgIpc) is 2.59. The fraction of sp³-hybridized carbons (Fsp3) is 0.105. The van der Waals surface area contributed by atoms with Crippen molar-refractivity contribution >= 4 is 16.7 Å². The molecule has 3 aromatic rings. The second-order valence-electron chi connectivity index (χ2n) is 5.43. The first kappa shape index (κ1) is 16.4. The van der Waals surface area contributed by atoms with Gasteiger partial charge in [-0.05, 0) is 42.8 Å². The van der Waals surface area contributed by atoms with Crippen molar-refractivity contribution in [1.29, 1.82) is 0 Å². The van der Waals surface area contributed by atoms with Crippen molar-refractivity contribution in [2.75, 3.05) is 0 Å². The maximum absolute atomic E-state index is 13.5. The summed E-state index contributed by atoms with van der Waals surface area (Å²) in [6, 6.07) is 9.07. The number of benzene rings is 2. The van der Waals surface area contributed by atoms with E-state index < -0.39 is 17.3 Å². The molecule has 0 unspecified atom stereocenters. The Kier molecular flexibility index (Phi) is 4.31. The fourth-order valence-electron chi connectivity index (χ4n) is 2.62. The molecule has 25 heavy (non-hydrogen) atoms. The number of aromatic amines is 1. The third kappa shape index (κ3) is 3.26. The highest BCUT2D eigenvalue weighted by atomic mass is 19.1. The monoisotopic (exact) mass is 336 g/mol. The van der Waals surface area contributed by atoms with Crippen molar-refractivity contribution in [2.24, 2.45) is 0 Å². The molecule has 2 N–H and O–H groups in total. The Labute approximate surface area is 142 Å². The molecule has 5 nitrogen and oxygen atoms in total. The number of carbonyl (C=O) groups is 1. The van der Waals surface area contributed by atoms with E-state index in [2.05, 4.69) is 22.0 Å². The molecule has 0 saturated carbocycles. The number of hydrogen-bond donors (Lipinski definition) is 2. The normalized spacial score (nSPS) is 10.3. The molecule has 0 atom stereocenters. The van der Waals surface area contributed by atoms with Crippen LogP contribution in [0.5, 0.6) is 0 Å². The van der Waals surface area contributed by atoms with Crippen molar-refractivity contribution in [3.8, 4) is 11.8 Å². The Morgan fingerprint density at radius 1 is 1.24 bits per heavy atom. The molecule has 1 aromatic heterocycles. The number of aromatic nitrogens is 2. The summed E-state index contributed by atoms with van der Waals surface area (Å²) in [5, 5.41) is 16.6. The Morgan fingerprint density at radius 2 is 2.04 bits per heavy atom. The third-order valence-corrected chi connectivity index (χ3v) is 3.77. The van der Waals surface area contributed by atoms with Gasteiger partial charge in [0.25, 0.3) is 5.56 Å². The molecule has 124 valence electrons. The summed E-state index contributed by atoms with van der Waals surface area (Å²) in [6.07, 6.45) is 0.247. The summed E-state index contributed by atoms with van der Waals surface area (Å²) in [7, 11) is 0. The zero-order valence-corrected chi connectivity index (χ0v) is 13.3. The molecule has 0 aliphatic carbocycles. The highest BCUT2D eigenvalue weighted by molar-refractivity contribution is 5.88. The molecule has 1 heterocycles. The first-order valence-corrected chi connectivity index (χ1v) is 7.45. The summed E-state index contributed by atoms with van der Waals surface area (Å²) in [6.45, 7) is 1.72. The van der Waals surface area contributed by atoms with Gasteiger partial charge in [0.05, 0.1) is 16.6 Å². The Morgan fingerprint density at radius 3 is 2.76 bits per heavy atom. The maximum atomic E-state index is 13.5. The molecule has 0 aliphatic heterocycles. The van der Waals surface area contributed by atoms with E-state index >= 15 is 0 Å². The second-order valence-corrected chi connectivity index (χ2v) is 5.43. The number of halogens is 1. The number of hydrogen-bond acceptors (Lipinski definition) is 3. The molecule has 0 amide bonds. The van der Waals surface area contributed by atoms with Crippen LogP contribution < -0.4 is 5.56 Å². The van der Waals surface area contributed by atoms with Gasteiger partial charge in [-0.2, -0.15) is 5.10 Å². The Balaban J connectivity index is 2.12. The van der Waals surface area contributed by atoms with E-state index in [4.69, 9.17) is 5.11 Å². The molecule has 0 saturated heterocycles. The first-order chi connectivity index (χ1) is 12.0. The Hall–Kier alpha value is -3.46. The zero-order valence-electron chi connectivity index (χ0n) is 13.3. The highest BCUT2D eigenvalue weighted by Crippen LogP contribution is 2.19. The minimum atomic E-state index is -1.33. The molecule has 0 fully saturated rings. The van der Waals surface area contributed by atoms with Gasteiger partial charge in [0.1, 0.15) is 5.82 Å². The van der Waals surface area contributed by atoms with Crippen LogP contribution >= 0.6 is 0 Å². The Bertz CT molecular complexity index is 1110. The number of H-pyrrole nitrogens is 1. The summed E-state index contributed by atoms with van der Waals surface area (Å²) < 4.78 is 13.5. The van der Waals surface area contributed by atoms with Gasteiger partial charge in [-0.15, -0.1) is 5.92 Å². The molecule has 2 aromatic carbocycles. The smallest absolute Gasteiger partial charge is 0.338 e. The van der Waals surface area contributed by atoms with Gasteiger partial charge in [0.2, 0.25) is 0 Å². The number of nitrogens with one attached hydrogen (secondary N) is 1. The topological polar surface area (TPSA) is 83.0 Å². The minimum absolute atomic E-state index is 0.247. The standard InChI is InChI=1S/C19H13FN2O3/c1-2-3-11-4-6-13-14(8-11)17(21-22-18(13)23)10-12-5-7-16(20)15(9-12)19(24)25/h4-9H,10H2,1H3,(H,22,23)(H,24,25). The lowest BCUT2D eigenvalue weighted by molar-refractivity contribution is 0.0691. The lowest BCUT2D eigenvalue weighted by atomic mass is 10.0. The van der Waals surface area contributed by atoms with E-state index in [-0.39, 0.29) is 12.0 Å². The lowest BCUT2D eigenvalue weighted by Crippen LogP contribution is -2.12. The fourth-order valence-corrected chi connectivity index (χ4v) is 2.62. The van der Waals surface area contributed by atoms with E-state index in [1.165, 1.54) is 12.1 Å². The van der Waals surface area contributed by atoms with Crippen molar-refractivity contribution in [1.82, 2.24) is 10.2 Å². The van der Waals surface area contributed by atoms with Gasteiger partial charge in [-0.25, -0.2) is 14.3 Å². The predicted octanol–water partition coefficient (Wildman–Crippen LogP) is 2.72. The molecule has 0 radical (unpaired) electrons. The van der Waals surface area contributed by atoms with E-state index in [0.29, 0.717) is 22.0 Å². The van der Waals surface area contributed by atoms with Crippen LogP contribution in [0, 0.1) is 17.7 Å². The molecule has 0 bridgehead atoms. The highest BCUT2D eigenvalue weighted by Gasteiger charge is 2.13. The molecule has 6 heteroatoms. The second kappa shape index (κ2) is 6.57. The van der Waals surface area contributed by atoms with Crippen LogP contribution in [-0.2, 0) is 6.42 Å². The molecular weight excluding hydrogens is 323 g/mol. The van der Waals surface area contributed by atoms with E-state index in [1.54, 1.807) is 25.1 Å². The SMILES string of the molecule is CC#Cc1ccc2c(=O)[nH]nc(Cc3ccc(F)c(C(=O)O)c3)c2c1. The van der Waals surface area contributed by atoms with Gasteiger partial charge >= 0.3 is 5.97 Å². The number of rotatable bonds is 3. The third-order valence-electron chi connectivity index (χ3n) is 3.77. The summed E-state index contributed by atoms with van der Waals surface area (Å²) in [5.74, 6) is 3.59. The van der Waals surface area contributed by atoms with Crippen LogP contribution in [0.2, 0.25) is 0 Å². The number of carboxylic acids is 1. The van der Waals surface area contributed by atoms with Crippen LogP contribution in [0.1, 0.15) is 34.1 Å². The predicted molar refractivity (Wildman–Crippen MR) is 91.1 cm³/mol. The maximum Gasteiger partial charge on any atom is 0.338 e. The largest absolute Gasteiger partial charge is 0.478 e. The van der Waals surface area contributed by atoms with Crippen molar-refractivity contribution in [3.63, 3.8) is 0 Å². The van der Waals surface area contributed by atoms with Gasteiger partial charge in [0, 0.05) is 17.4 Å². The molecule has 0 aliphatic rings. The molecule has 0 spiro atoms.